The van der Waals surface area contributed by atoms with Crippen LogP contribution in [0.4, 0.5) is 5.69 Å². The van der Waals surface area contributed by atoms with Gasteiger partial charge in [-0.1, -0.05) is 12.1 Å². The molecular formula is C10H12N4. The molecule has 3 N–H and O–H groups in total. The molecule has 0 bridgehead atoms. The Balaban J connectivity index is 2.39. The first kappa shape index (κ1) is 8.77. The zero-order chi connectivity index (χ0) is 9.97. The monoisotopic (exact) mass is 188 g/mol. The zero-order valence-electron chi connectivity index (χ0n) is 7.94. The predicted octanol–water partition coefficient (Wildman–Crippen LogP) is 1.37. The van der Waals surface area contributed by atoms with Crippen molar-refractivity contribution < 1.29 is 0 Å². The number of hydrogen-bond acceptors (Lipinski definition) is 3. The highest BCUT2D eigenvalue weighted by atomic mass is 15.2. The van der Waals surface area contributed by atoms with Crippen LogP contribution in [0.3, 0.4) is 0 Å². The smallest absolute Gasteiger partial charge is 0.0948 e. The van der Waals surface area contributed by atoms with Crippen LogP contribution >= 0.6 is 0 Å². The molecule has 0 unspecified atom stereocenters. The Hall–Kier alpha value is -1.81. The second-order valence-electron chi connectivity index (χ2n) is 3.11. The van der Waals surface area contributed by atoms with Gasteiger partial charge in [-0.2, -0.15) is 0 Å². The molecule has 0 aliphatic heterocycles. The maximum absolute atomic E-state index is 5.28. The molecule has 1 aromatic heterocycles. The van der Waals surface area contributed by atoms with E-state index in [1.165, 1.54) is 0 Å². The highest BCUT2D eigenvalue weighted by Crippen LogP contribution is 2.19. The van der Waals surface area contributed by atoms with Crippen molar-refractivity contribution in [1.29, 1.82) is 0 Å². The van der Waals surface area contributed by atoms with Crippen LogP contribution in [0.5, 0.6) is 0 Å². The molecule has 4 heteroatoms. The lowest BCUT2D eigenvalue weighted by molar-refractivity contribution is 0.921. The minimum atomic E-state index is 0.899. The van der Waals surface area contributed by atoms with Crippen molar-refractivity contribution in [3.63, 3.8) is 0 Å². The molecule has 14 heavy (non-hydrogen) atoms. The van der Waals surface area contributed by atoms with Gasteiger partial charge in [-0.05, 0) is 17.7 Å². The Morgan fingerprint density at radius 3 is 2.50 bits per heavy atom. The van der Waals surface area contributed by atoms with Gasteiger partial charge < -0.3 is 9.99 Å². The normalized spacial score (nSPS) is 10.1. The highest BCUT2D eigenvalue weighted by Gasteiger charge is 2.00. The van der Waals surface area contributed by atoms with Gasteiger partial charge in [-0.25, -0.2) is 4.98 Å². The number of aromatic nitrogens is 2. The van der Waals surface area contributed by atoms with Crippen LogP contribution in [0.2, 0.25) is 0 Å². The van der Waals surface area contributed by atoms with Crippen LogP contribution in [-0.2, 0) is 7.05 Å². The SMILES string of the molecule is Cn1cncc1-c1ccc(NN)cc1. The maximum Gasteiger partial charge on any atom is 0.0948 e. The topological polar surface area (TPSA) is 55.9 Å². The number of rotatable bonds is 2. The molecule has 72 valence electrons. The van der Waals surface area contributed by atoms with Gasteiger partial charge in [-0.15, -0.1) is 0 Å². The van der Waals surface area contributed by atoms with E-state index in [-0.39, 0.29) is 0 Å². The lowest BCUT2D eigenvalue weighted by Gasteiger charge is -2.03. The quantitative estimate of drug-likeness (QED) is 0.553. The Bertz CT molecular complexity index is 416. The van der Waals surface area contributed by atoms with E-state index >= 15 is 0 Å². The molecule has 0 aliphatic rings. The van der Waals surface area contributed by atoms with Crippen molar-refractivity contribution in [2.45, 2.75) is 0 Å². The third kappa shape index (κ3) is 1.47. The second-order valence-corrected chi connectivity index (χ2v) is 3.11. The molecule has 0 amide bonds. The summed E-state index contributed by atoms with van der Waals surface area (Å²) in [6.45, 7) is 0. The van der Waals surface area contributed by atoms with E-state index in [9.17, 15) is 0 Å². The third-order valence-electron chi connectivity index (χ3n) is 2.16. The van der Waals surface area contributed by atoms with Crippen LogP contribution in [0.15, 0.2) is 36.8 Å². The number of nitrogen functional groups attached to an aromatic ring is 1. The maximum atomic E-state index is 5.28. The molecule has 2 aromatic rings. The fourth-order valence-electron chi connectivity index (χ4n) is 1.37. The predicted molar refractivity (Wildman–Crippen MR) is 56.5 cm³/mol. The largest absolute Gasteiger partial charge is 0.334 e. The summed E-state index contributed by atoms with van der Waals surface area (Å²) in [7, 11) is 1.97. The first-order valence-electron chi connectivity index (χ1n) is 4.34. The van der Waals surface area contributed by atoms with Crippen molar-refractivity contribution >= 4 is 5.69 Å². The number of nitrogens with two attached hydrogens (primary N) is 1. The van der Waals surface area contributed by atoms with E-state index in [2.05, 4.69) is 10.4 Å². The van der Waals surface area contributed by atoms with Crippen LogP contribution in [0, 0.1) is 0 Å². The summed E-state index contributed by atoms with van der Waals surface area (Å²) >= 11 is 0. The number of benzene rings is 1. The van der Waals surface area contributed by atoms with Gasteiger partial charge in [0.25, 0.3) is 0 Å². The number of hydrogen-bond donors (Lipinski definition) is 2. The number of imidazole rings is 1. The van der Waals surface area contributed by atoms with E-state index in [0.717, 1.165) is 16.9 Å². The Labute approximate surface area is 82.4 Å². The summed E-state index contributed by atoms with van der Waals surface area (Å²) in [6.07, 6.45) is 3.62. The molecule has 0 fully saturated rings. The average Bonchev–Trinajstić information content (AvgIpc) is 2.65. The minimum absolute atomic E-state index is 0.899. The molecule has 0 atom stereocenters. The molecule has 1 aromatic carbocycles. The Morgan fingerprint density at radius 2 is 2.00 bits per heavy atom. The van der Waals surface area contributed by atoms with Gasteiger partial charge in [-0.3, -0.25) is 5.84 Å². The molecular weight excluding hydrogens is 176 g/mol. The van der Waals surface area contributed by atoms with Gasteiger partial charge in [0.05, 0.1) is 18.2 Å². The van der Waals surface area contributed by atoms with E-state index in [0.29, 0.717) is 0 Å². The lowest BCUT2D eigenvalue weighted by atomic mass is 10.1. The van der Waals surface area contributed by atoms with Crippen molar-refractivity contribution in [3.8, 4) is 11.3 Å². The van der Waals surface area contributed by atoms with E-state index in [4.69, 9.17) is 5.84 Å². The highest BCUT2D eigenvalue weighted by molar-refractivity contribution is 5.62. The molecule has 0 radical (unpaired) electrons. The number of anilines is 1. The molecule has 2 rings (SSSR count). The lowest BCUT2D eigenvalue weighted by Crippen LogP contribution is -2.06. The van der Waals surface area contributed by atoms with Crippen LogP contribution in [-0.4, -0.2) is 9.55 Å². The summed E-state index contributed by atoms with van der Waals surface area (Å²) in [5.74, 6) is 5.28. The second kappa shape index (κ2) is 3.51. The molecule has 1 heterocycles. The van der Waals surface area contributed by atoms with E-state index in [1.54, 1.807) is 6.33 Å². The van der Waals surface area contributed by atoms with Crippen molar-refractivity contribution in [1.82, 2.24) is 9.55 Å². The van der Waals surface area contributed by atoms with Crippen molar-refractivity contribution in [2.24, 2.45) is 12.9 Å². The number of aryl methyl sites for hydroxylation is 1. The fraction of sp³-hybridized carbons (Fsp3) is 0.100. The van der Waals surface area contributed by atoms with Crippen molar-refractivity contribution in [3.05, 3.63) is 36.8 Å². The van der Waals surface area contributed by atoms with Crippen LogP contribution in [0.25, 0.3) is 11.3 Å². The molecule has 0 spiro atoms. The van der Waals surface area contributed by atoms with Gasteiger partial charge in [0.2, 0.25) is 0 Å². The van der Waals surface area contributed by atoms with E-state index in [1.807, 2.05) is 42.1 Å². The van der Waals surface area contributed by atoms with Crippen LogP contribution in [0.1, 0.15) is 0 Å². The molecule has 0 aliphatic carbocycles. The fourth-order valence-corrected chi connectivity index (χ4v) is 1.37. The Morgan fingerprint density at radius 1 is 1.29 bits per heavy atom. The summed E-state index contributed by atoms with van der Waals surface area (Å²) in [5, 5.41) is 0. The molecule has 4 nitrogen and oxygen atoms in total. The summed E-state index contributed by atoms with van der Waals surface area (Å²) in [6, 6.07) is 7.88. The summed E-state index contributed by atoms with van der Waals surface area (Å²) < 4.78 is 1.98. The number of nitrogens with zero attached hydrogens (tertiary/aromatic N) is 2. The van der Waals surface area contributed by atoms with Crippen molar-refractivity contribution in [2.75, 3.05) is 5.43 Å². The van der Waals surface area contributed by atoms with Gasteiger partial charge in [0, 0.05) is 12.7 Å². The first-order chi connectivity index (χ1) is 6.81. The average molecular weight is 188 g/mol. The molecule has 0 saturated carbocycles. The third-order valence-corrected chi connectivity index (χ3v) is 2.16. The summed E-state index contributed by atoms with van der Waals surface area (Å²) in [5.41, 5.74) is 5.71. The summed E-state index contributed by atoms with van der Waals surface area (Å²) in [4.78, 5) is 4.06. The van der Waals surface area contributed by atoms with Gasteiger partial charge >= 0.3 is 0 Å². The first-order valence-corrected chi connectivity index (χ1v) is 4.34. The van der Waals surface area contributed by atoms with Crippen LogP contribution < -0.4 is 11.3 Å². The van der Waals surface area contributed by atoms with Gasteiger partial charge in [0.1, 0.15) is 0 Å². The number of nitrogens with one attached hydrogen (secondary N) is 1. The number of hydrazine groups is 1. The Kier molecular flexibility index (Phi) is 2.20. The molecule has 0 saturated heterocycles. The standard InChI is InChI=1S/C10H12N4/c1-14-7-12-6-10(14)8-2-4-9(13-11)5-3-8/h2-7,13H,11H2,1H3. The minimum Gasteiger partial charge on any atom is -0.334 e. The zero-order valence-corrected chi connectivity index (χ0v) is 7.94. The van der Waals surface area contributed by atoms with Gasteiger partial charge in [0.15, 0.2) is 0 Å². The van der Waals surface area contributed by atoms with E-state index < -0.39 is 0 Å².